The Morgan fingerprint density at radius 3 is 2.59 bits per heavy atom. The zero-order valence-corrected chi connectivity index (χ0v) is 19.1. The minimum Gasteiger partial charge on any atom is -0.506 e. The number of phenols is 1. The number of aromatic nitrogens is 1. The molecule has 0 aliphatic carbocycles. The number of halogens is 1. The van der Waals surface area contributed by atoms with Crippen molar-refractivity contribution in [1.82, 2.24) is 10.3 Å². The summed E-state index contributed by atoms with van der Waals surface area (Å²) < 4.78 is 6.24. The molecule has 2 aromatic heterocycles. The van der Waals surface area contributed by atoms with Crippen LogP contribution in [0.4, 0.5) is 5.69 Å². The van der Waals surface area contributed by atoms with Crippen LogP contribution < -0.4 is 10.2 Å². The topological polar surface area (TPSA) is 98.8 Å². The van der Waals surface area contributed by atoms with Gasteiger partial charge in [0.25, 0.3) is 0 Å². The van der Waals surface area contributed by atoms with Gasteiger partial charge >= 0.3 is 5.97 Å². The van der Waals surface area contributed by atoms with Crippen LogP contribution in [0.1, 0.15) is 33.9 Å². The Labute approximate surface area is 205 Å². The van der Waals surface area contributed by atoms with Crippen molar-refractivity contribution in [3.05, 3.63) is 101 Å². The van der Waals surface area contributed by atoms with E-state index in [1.54, 1.807) is 35.4 Å². The number of aromatic hydroxyl groups is 1. The molecule has 0 bridgehead atoms. The lowest BCUT2D eigenvalue weighted by atomic mass is 10.0. The van der Waals surface area contributed by atoms with Gasteiger partial charge in [-0.2, -0.15) is 0 Å². The lowest BCUT2D eigenvalue weighted by Crippen LogP contribution is -2.29. The lowest BCUT2D eigenvalue weighted by molar-refractivity contribution is 0.0697. The van der Waals surface area contributed by atoms with Gasteiger partial charge in [0.1, 0.15) is 23.3 Å². The van der Waals surface area contributed by atoms with E-state index >= 15 is 0 Å². The number of carboxylic acid groups (broad SMARTS) is 1. The van der Waals surface area contributed by atoms with Gasteiger partial charge in [-0.15, -0.1) is 0 Å². The second-order valence-electron chi connectivity index (χ2n) is 7.71. The fourth-order valence-corrected chi connectivity index (χ4v) is 4.54. The number of aromatic carboxylic acids is 1. The number of nitrogens with one attached hydrogen (secondary N) is 1. The first kappa shape index (κ1) is 21.9. The molecule has 3 heterocycles. The standard InChI is InChI=1S/C25H18ClN3O4S/c26-16-8-9-19(30)18(13-16)29-23(22(28-25(29)34)17-3-1-2-12-27-17)21-11-10-20(33-21)14-4-6-15(7-5-14)24(31)32/h1-13,22-23,30H,(H,28,34)(H,31,32)/t22-,23-/m1/s1. The Morgan fingerprint density at radius 2 is 1.88 bits per heavy atom. The number of anilines is 1. The van der Waals surface area contributed by atoms with Gasteiger partial charge in [0, 0.05) is 16.8 Å². The number of furan rings is 1. The van der Waals surface area contributed by atoms with Crippen molar-refractivity contribution in [3.8, 4) is 17.1 Å². The van der Waals surface area contributed by atoms with Gasteiger partial charge in [-0.25, -0.2) is 4.79 Å². The van der Waals surface area contributed by atoms with E-state index in [9.17, 15) is 9.90 Å². The van der Waals surface area contributed by atoms with Crippen LogP contribution in [-0.4, -0.2) is 26.3 Å². The zero-order valence-electron chi connectivity index (χ0n) is 17.6. The number of hydrogen-bond donors (Lipinski definition) is 3. The largest absolute Gasteiger partial charge is 0.506 e. The maximum atomic E-state index is 11.2. The first-order valence-electron chi connectivity index (χ1n) is 10.3. The number of nitrogens with zero attached hydrogens (tertiary/aromatic N) is 2. The smallest absolute Gasteiger partial charge is 0.335 e. The summed E-state index contributed by atoms with van der Waals surface area (Å²) in [6, 6.07) is 19.6. The summed E-state index contributed by atoms with van der Waals surface area (Å²) in [5, 5.41) is 23.9. The summed E-state index contributed by atoms with van der Waals surface area (Å²) in [5.74, 6) is 0.183. The summed E-state index contributed by atoms with van der Waals surface area (Å²) >= 11 is 11.9. The number of benzene rings is 2. The van der Waals surface area contributed by atoms with Crippen molar-refractivity contribution in [1.29, 1.82) is 0 Å². The van der Waals surface area contributed by atoms with Crippen molar-refractivity contribution < 1.29 is 19.4 Å². The van der Waals surface area contributed by atoms with Crippen LogP contribution in [0.3, 0.4) is 0 Å². The Morgan fingerprint density at radius 1 is 1.09 bits per heavy atom. The van der Waals surface area contributed by atoms with Gasteiger partial charge < -0.3 is 24.8 Å². The maximum absolute atomic E-state index is 11.2. The molecule has 1 saturated heterocycles. The SMILES string of the molecule is O=C(O)c1ccc(-c2ccc([C@@H]3[C@@H](c4ccccn4)NC(=S)N3c3cc(Cl)ccc3O)o2)cc1. The van der Waals surface area contributed by atoms with E-state index < -0.39 is 12.0 Å². The Hall–Kier alpha value is -3.88. The molecular weight excluding hydrogens is 474 g/mol. The number of carbonyl (C=O) groups is 1. The molecule has 5 rings (SSSR count). The average molecular weight is 492 g/mol. The number of carboxylic acids is 1. The molecule has 9 heteroatoms. The summed E-state index contributed by atoms with van der Waals surface area (Å²) in [7, 11) is 0. The summed E-state index contributed by atoms with van der Waals surface area (Å²) in [6.45, 7) is 0. The molecule has 4 aromatic rings. The van der Waals surface area contributed by atoms with Crippen LogP contribution in [0.2, 0.25) is 5.02 Å². The van der Waals surface area contributed by atoms with Gasteiger partial charge in [-0.3, -0.25) is 4.98 Å². The Balaban J connectivity index is 1.59. The van der Waals surface area contributed by atoms with E-state index in [0.717, 1.165) is 11.3 Å². The molecule has 1 fully saturated rings. The van der Waals surface area contributed by atoms with Crippen LogP contribution in [0, 0.1) is 0 Å². The summed E-state index contributed by atoms with van der Waals surface area (Å²) in [6.07, 6.45) is 1.70. The molecule has 0 radical (unpaired) electrons. The van der Waals surface area contributed by atoms with E-state index in [1.165, 1.54) is 18.2 Å². The average Bonchev–Trinajstić information content (AvgIpc) is 3.46. The quantitative estimate of drug-likeness (QED) is 0.311. The fraction of sp³-hybridized carbons (Fsp3) is 0.0800. The first-order valence-corrected chi connectivity index (χ1v) is 11.1. The number of thiocarbonyl (C=S) groups is 1. The first-order chi connectivity index (χ1) is 16.4. The number of rotatable bonds is 5. The van der Waals surface area contributed by atoms with Crippen LogP contribution >= 0.6 is 23.8 Å². The van der Waals surface area contributed by atoms with Crippen molar-refractivity contribution in [2.24, 2.45) is 0 Å². The van der Waals surface area contributed by atoms with Crippen molar-refractivity contribution in [2.75, 3.05) is 4.90 Å². The molecule has 7 nitrogen and oxygen atoms in total. The summed E-state index contributed by atoms with van der Waals surface area (Å²) in [5.41, 5.74) is 2.12. The van der Waals surface area contributed by atoms with Crippen molar-refractivity contribution in [2.45, 2.75) is 12.1 Å². The van der Waals surface area contributed by atoms with Gasteiger partial charge in [-0.05, 0) is 66.8 Å². The van der Waals surface area contributed by atoms with E-state index in [0.29, 0.717) is 27.3 Å². The molecule has 2 atom stereocenters. The molecule has 170 valence electrons. The van der Waals surface area contributed by atoms with Gasteiger partial charge in [0.2, 0.25) is 0 Å². The minimum atomic E-state index is -0.993. The third kappa shape index (κ3) is 3.98. The van der Waals surface area contributed by atoms with Gasteiger partial charge in [0.15, 0.2) is 5.11 Å². The minimum absolute atomic E-state index is 0.0243. The van der Waals surface area contributed by atoms with Crippen LogP contribution in [0.5, 0.6) is 5.75 Å². The summed E-state index contributed by atoms with van der Waals surface area (Å²) in [4.78, 5) is 17.4. The molecule has 0 saturated carbocycles. The molecule has 34 heavy (non-hydrogen) atoms. The highest BCUT2D eigenvalue weighted by atomic mass is 35.5. The zero-order chi connectivity index (χ0) is 23.8. The molecular formula is C25H18ClN3O4S. The fourth-order valence-electron chi connectivity index (χ4n) is 4.04. The van der Waals surface area contributed by atoms with E-state index in [4.69, 9.17) is 33.3 Å². The third-order valence-electron chi connectivity index (χ3n) is 5.63. The van der Waals surface area contributed by atoms with E-state index in [1.807, 2.05) is 30.3 Å². The molecule has 0 spiro atoms. The third-order valence-corrected chi connectivity index (χ3v) is 6.18. The van der Waals surface area contributed by atoms with E-state index in [-0.39, 0.29) is 17.4 Å². The molecule has 0 unspecified atom stereocenters. The predicted molar refractivity (Wildman–Crippen MR) is 132 cm³/mol. The van der Waals surface area contributed by atoms with E-state index in [2.05, 4.69) is 10.3 Å². The number of hydrogen-bond acceptors (Lipinski definition) is 5. The number of pyridine rings is 1. The lowest BCUT2D eigenvalue weighted by Gasteiger charge is -2.26. The van der Waals surface area contributed by atoms with Crippen molar-refractivity contribution in [3.63, 3.8) is 0 Å². The second-order valence-corrected chi connectivity index (χ2v) is 8.54. The Kier molecular flexibility index (Phi) is 5.69. The number of phenolic OH excluding ortho intramolecular Hbond substituents is 1. The molecule has 0 amide bonds. The van der Waals surface area contributed by atoms with Crippen LogP contribution in [0.25, 0.3) is 11.3 Å². The predicted octanol–water partition coefficient (Wildman–Crippen LogP) is 5.58. The Bertz CT molecular complexity index is 1370. The second kappa shape index (κ2) is 8.81. The van der Waals surface area contributed by atoms with Crippen molar-refractivity contribution >= 4 is 40.6 Å². The normalized spacial score (nSPS) is 17.6. The molecule has 3 N–H and O–H groups in total. The molecule has 1 aliphatic rings. The maximum Gasteiger partial charge on any atom is 0.335 e. The molecule has 1 aliphatic heterocycles. The van der Waals surface area contributed by atoms with Gasteiger partial charge in [0.05, 0.1) is 23.0 Å². The highest BCUT2D eigenvalue weighted by Crippen LogP contribution is 2.45. The highest BCUT2D eigenvalue weighted by molar-refractivity contribution is 7.80. The highest BCUT2D eigenvalue weighted by Gasteiger charge is 2.43. The van der Waals surface area contributed by atoms with Crippen LogP contribution in [0.15, 0.2) is 83.4 Å². The van der Waals surface area contributed by atoms with Gasteiger partial charge in [-0.1, -0.05) is 29.8 Å². The monoisotopic (exact) mass is 491 g/mol. The van der Waals surface area contributed by atoms with Crippen LogP contribution in [-0.2, 0) is 0 Å². The molecule has 2 aromatic carbocycles.